The normalized spacial score (nSPS) is 43.8. The Hall–Kier alpha value is -1.82. The van der Waals surface area contributed by atoms with E-state index < -0.39 is 5.83 Å². The van der Waals surface area contributed by atoms with Gasteiger partial charge in [-0.05, 0) is 104 Å². The number of hydrogen-bond donors (Lipinski definition) is 2. The number of halogens is 1. The number of nitrogens with zero attached hydrogens (tertiary/aromatic N) is 1. The minimum atomic E-state index is -0.427. The van der Waals surface area contributed by atoms with Crippen LogP contribution in [-0.2, 0) is 9.53 Å². The van der Waals surface area contributed by atoms with Gasteiger partial charge in [0.25, 0.3) is 0 Å². The summed E-state index contributed by atoms with van der Waals surface area (Å²) >= 11 is 0. The molecule has 5 rings (SSSR count). The molecule has 0 aromatic heterocycles. The lowest BCUT2D eigenvalue weighted by Crippen LogP contribution is -2.56. The van der Waals surface area contributed by atoms with Crippen LogP contribution in [0.3, 0.4) is 0 Å². The summed E-state index contributed by atoms with van der Waals surface area (Å²) < 4.78 is 19.4. The molecule has 0 aliphatic heterocycles. The molecule has 5 nitrogen and oxygen atoms in total. The van der Waals surface area contributed by atoms with E-state index >= 15 is 0 Å². The molecule has 6 heteroatoms. The zero-order chi connectivity index (χ0) is 24.8. The quantitative estimate of drug-likeness (QED) is 0.367. The van der Waals surface area contributed by atoms with E-state index in [1.54, 1.807) is 0 Å². The number of carbonyl (C=O) groups excluding carboxylic acids is 1. The van der Waals surface area contributed by atoms with Crippen LogP contribution in [-0.4, -0.2) is 37.5 Å². The largest absolute Gasteiger partial charge is 0.384 e. The number of allylic oxidation sites excluding steroid dienone is 4. The van der Waals surface area contributed by atoms with E-state index in [-0.39, 0.29) is 35.1 Å². The standard InChI is InChI=1S/C29H42FN3O2/c1-18-10-13-29(17-35-3)19(14-18)4-6-21-22-7-8-24(28(22,2)12-11-23(21)29)27(34)16-32-33-26-15-20(30)5-9-25(26)31/h5,9,15,18-19,21-24,31-32H,4,6-8,10-14,16-17H2,1-3H3/b31-25?,33-26-/t18-,19?,21?,22?,23?,24?,28?,29?/m0/s1. The molecule has 35 heavy (non-hydrogen) atoms. The number of hydrazone groups is 1. The highest BCUT2D eigenvalue weighted by Crippen LogP contribution is 2.68. The van der Waals surface area contributed by atoms with Crippen molar-refractivity contribution in [3.63, 3.8) is 0 Å². The van der Waals surface area contributed by atoms with Gasteiger partial charge in [-0.25, -0.2) is 4.39 Å². The van der Waals surface area contributed by atoms with Crippen molar-refractivity contribution in [3.05, 3.63) is 24.1 Å². The zero-order valence-corrected chi connectivity index (χ0v) is 21.6. The lowest BCUT2D eigenvalue weighted by atomic mass is 9.44. The van der Waals surface area contributed by atoms with E-state index in [9.17, 15) is 9.18 Å². The summed E-state index contributed by atoms with van der Waals surface area (Å²) in [5.74, 6) is 3.53. The minimum absolute atomic E-state index is 0.0570. The molecule has 0 amide bonds. The summed E-state index contributed by atoms with van der Waals surface area (Å²) in [7, 11) is 1.89. The summed E-state index contributed by atoms with van der Waals surface area (Å²) in [6, 6.07) is 0. The Labute approximate surface area is 209 Å². The van der Waals surface area contributed by atoms with Crippen LogP contribution >= 0.6 is 0 Å². The van der Waals surface area contributed by atoms with Gasteiger partial charge >= 0.3 is 0 Å². The average Bonchev–Trinajstić information content (AvgIpc) is 3.19. The van der Waals surface area contributed by atoms with Crippen LogP contribution in [0.4, 0.5) is 4.39 Å². The van der Waals surface area contributed by atoms with Crippen molar-refractivity contribution >= 4 is 17.2 Å². The second-order valence-corrected chi connectivity index (χ2v) is 12.4. The highest BCUT2D eigenvalue weighted by atomic mass is 19.1. The summed E-state index contributed by atoms with van der Waals surface area (Å²) in [4.78, 5) is 13.4. The fourth-order valence-electron chi connectivity index (χ4n) is 9.27. The molecule has 7 unspecified atom stereocenters. The van der Waals surface area contributed by atoms with Crippen LogP contribution in [0.5, 0.6) is 0 Å². The van der Waals surface area contributed by atoms with E-state index in [1.165, 1.54) is 56.8 Å². The Bertz CT molecular complexity index is 958. The first-order valence-corrected chi connectivity index (χ1v) is 13.7. The third-order valence-corrected chi connectivity index (χ3v) is 10.8. The van der Waals surface area contributed by atoms with E-state index in [1.807, 2.05) is 7.11 Å². The predicted octanol–water partition coefficient (Wildman–Crippen LogP) is 5.87. The molecule has 192 valence electrons. The summed E-state index contributed by atoms with van der Waals surface area (Å²) in [6.45, 7) is 5.85. The molecule has 0 aromatic carbocycles. The lowest BCUT2D eigenvalue weighted by molar-refractivity contribution is -0.154. The van der Waals surface area contributed by atoms with Crippen LogP contribution in [0.2, 0.25) is 0 Å². The van der Waals surface area contributed by atoms with E-state index in [0.717, 1.165) is 43.6 Å². The number of Topliss-reactive ketones (excluding diaryl/α,β-unsaturated/α-hetero) is 1. The summed E-state index contributed by atoms with van der Waals surface area (Å²) in [6.07, 6.45) is 15.0. The van der Waals surface area contributed by atoms with Crippen LogP contribution in [0.1, 0.15) is 71.6 Å². The van der Waals surface area contributed by atoms with Crippen molar-refractivity contribution in [2.24, 2.45) is 51.4 Å². The molecule has 0 aromatic rings. The zero-order valence-electron chi connectivity index (χ0n) is 21.6. The molecule has 4 saturated carbocycles. The average molecular weight is 484 g/mol. The van der Waals surface area contributed by atoms with Gasteiger partial charge in [0.2, 0.25) is 0 Å². The number of carbonyl (C=O) groups is 1. The monoisotopic (exact) mass is 483 g/mol. The Morgan fingerprint density at radius 2 is 2.00 bits per heavy atom. The molecule has 8 atom stereocenters. The number of ketones is 1. The number of methoxy groups -OCH3 is 1. The topological polar surface area (TPSA) is 74.5 Å². The van der Waals surface area contributed by atoms with Crippen molar-refractivity contribution in [3.8, 4) is 0 Å². The van der Waals surface area contributed by atoms with Gasteiger partial charge in [-0.1, -0.05) is 20.3 Å². The highest BCUT2D eigenvalue weighted by molar-refractivity contribution is 6.50. The molecule has 0 heterocycles. The van der Waals surface area contributed by atoms with Crippen LogP contribution in [0.15, 0.2) is 29.2 Å². The van der Waals surface area contributed by atoms with Crippen LogP contribution in [0, 0.1) is 51.7 Å². The SMILES string of the molecule is COCC12CC[C@H](C)CC1CCC1C3CCC(C(=O)CN/N=C4/C=C(F)C=CC4=N)C3(C)CCC12. The van der Waals surface area contributed by atoms with Crippen molar-refractivity contribution in [2.75, 3.05) is 20.3 Å². The Balaban J connectivity index is 1.28. The smallest absolute Gasteiger partial charge is 0.157 e. The van der Waals surface area contributed by atoms with Gasteiger partial charge in [0.15, 0.2) is 5.78 Å². The third kappa shape index (κ3) is 4.24. The highest BCUT2D eigenvalue weighted by Gasteiger charge is 2.62. The number of fused-ring (bicyclic) bond motifs is 5. The molecular weight excluding hydrogens is 441 g/mol. The first-order valence-electron chi connectivity index (χ1n) is 13.7. The van der Waals surface area contributed by atoms with Crippen molar-refractivity contribution in [2.45, 2.75) is 71.6 Å². The lowest BCUT2D eigenvalue weighted by Gasteiger charge is -2.61. The van der Waals surface area contributed by atoms with Crippen LogP contribution < -0.4 is 5.43 Å². The number of hydrogen-bond acceptors (Lipinski definition) is 5. The number of rotatable bonds is 6. The molecule has 5 aliphatic carbocycles. The molecule has 0 bridgehead atoms. The molecule has 0 saturated heterocycles. The van der Waals surface area contributed by atoms with Gasteiger partial charge < -0.3 is 10.2 Å². The molecule has 0 radical (unpaired) electrons. The van der Waals surface area contributed by atoms with Crippen molar-refractivity contribution < 1.29 is 13.9 Å². The maximum Gasteiger partial charge on any atom is 0.157 e. The number of nitrogens with one attached hydrogen (secondary N) is 2. The second kappa shape index (κ2) is 9.57. The fourth-order valence-corrected chi connectivity index (χ4v) is 9.27. The molecule has 4 fully saturated rings. The molecule has 0 spiro atoms. The second-order valence-electron chi connectivity index (χ2n) is 12.4. The van der Waals surface area contributed by atoms with E-state index in [2.05, 4.69) is 24.4 Å². The molecular formula is C29H42FN3O2. The third-order valence-electron chi connectivity index (χ3n) is 10.8. The maximum absolute atomic E-state index is 13.5. The first-order chi connectivity index (χ1) is 16.8. The molecule has 2 N–H and O–H groups in total. The molecule has 5 aliphatic rings. The van der Waals surface area contributed by atoms with Crippen molar-refractivity contribution in [1.29, 1.82) is 5.41 Å². The summed E-state index contributed by atoms with van der Waals surface area (Å²) in [5, 5.41) is 12.0. The first kappa shape index (κ1) is 24.9. The van der Waals surface area contributed by atoms with Gasteiger partial charge in [0, 0.05) is 19.1 Å². The predicted molar refractivity (Wildman–Crippen MR) is 137 cm³/mol. The van der Waals surface area contributed by atoms with E-state index in [4.69, 9.17) is 10.1 Å². The van der Waals surface area contributed by atoms with Gasteiger partial charge in [0.1, 0.15) is 11.5 Å². The van der Waals surface area contributed by atoms with E-state index in [0.29, 0.717) is 17.3 Å². The van der Waals surface area contributed by atoms with Gasteiger partial charge in [-0.3, -0.25) is 10.2 Å². The maximum atomic E-state index is 13.5. The fraction of sp³-hybridized carbons (Fsp3) is 0.759. The Morgan fingerprint density at radius 1 is 1.17 bits per heavy atom. The number of ether oxygens (including phenoxy) is 1. The van der Waals surface area contributed by atoms with Gasteiger partial charge in [0.05, 0.1) is 18.9 Å². The van der Waals surface area contributed by atoms with Crippen molar-refractivity contribution in [1.82, 2.24) is 5.43 Å². The van der Waals surface area contributed by atoms with Gasteiger partial charge in [-0.15, -0.1) is 0 Å². The van der Waals surface area contributed by atoms with Gasteiger partial charge in [-0.2, -0.15) is 5.10 Å². The minimum Gasteiger partial charge on any atom is -0.384 e. The Kier molecular flexibility index (Phi) is 6.80. The summed E-state index contributed by atoms with van der Waals surface area (Å²) in [5.41, 5.74) is 3.63. The van der Waals surface area contributed by atoms with Crippen LogP contribution in [0.25, 0.3) is 0 Å². The Morgan fingerprint density at radius 3 is 2.80 bits per heavy atom.